The first-order valence-corrected chi connectivity index (χ1v) is 7.90. The number of hydrogen-bond acceptors (Lipinski definition) is 3. The minimum atomic E-state index is -0.0356. The highest BCUT2D eigenvalue weighted by atomic mass is 16.2. The molecule has 1 amide bonds. The highest BCUT2D eigenvalue weighted by Gasteiger charge is 2.30. The predicted molar refractivity (Wildman–Crippen MR) is 80.0 cm³/mol. The molecule has 0 bridgehead atoms. The van der Waals surface area contributed by atoms with Crippen LogP contribution in [0.4, 0.5) is 0 Å². The molecule has 2 N–H and O–H groups in total. The van der Waals surface area contributed by atoms with E-state index in [2.05, 4.69) is 4.90 Å². The highest BCUT2D eigenvalue weighted by molar-refractivity contribution is 5.81. The Morgan fingerprint density at radius 2 is 1.79 bits per heavy atom. The van der Waals surface area contributed by atoms with Crippen molar-refractivity contribution in [2.75, 3.05) is 26.2 Å². The van der Waals surface area contributed by atoms with Gasteiger partial charge in [0.2, 0.25) is 5.91 Å². The lowest BCUT2D eigenvalue weighted by molar-refractivity contribution is -0.137. The van der Waals surface area contributed by atoms with Gasteiger partial charge in [-0.25, -0.2) is 0 Å². The Balaban J connectivity index is 2.70. The fourth-order valence-electron chi connectivity index (χ4n) is 3.20. The average molecular weight is 269 g/mol. The smallest absolute Gasteiger partial charge is 0.239 e. The van der Waals surface area contributed by atoms with E-state index in [1.54, 1.807) is 0 Å². The van der Waals surface area contributed by atoms with Gasteiger partial charge in [0, 0.05) is 32.2 Å². The topological polar surface area (TPSA) is 49.6 Å². The fourth-order valence-corrected chi connectivity index (χ4v) is 3.20. The van der Waals surface area contributed by atoms with Crippen molar-refractivity contribution >= 4 is 5.91 Å². The van der Waals surface area contributed by atoms with Crippen LogP contribution >= 0.6 is 0 Å². The molecule has 1 aliphatic carbocycles. The molecule has 1 aliphatic rings. The van der Waals surface area contributed by atoms with E-state index in [4.69, 9.17) is 5.73 Å². The van der Waals surface area contributed by atoms with Crippen LogP contribution in [0.2, 0.25) is 0 Å². The van der Waals surface area contributed by atoms with Crippen LogP contribution in [0.5, 0.6) is 0 Å². The van der Waals surface area contributed by atoms with Gasteiger partial charge >= 0.3 is 0 Å². The van der Waals surface area contributed by atoms with Crippen LogP contribution in [0.15, 0.2) is 0 Å². The number of carbonyl (C=O) groups excluding carboxylic acids is 1. The predicted octanol–water partition coefficient (Wildman–Crippen LogP) is 1.84. The molecule has 1 fully saturated rings. The minimum Gasteiger partial charge on any atom is -0.342 e. The maximum absolute atomic E-state index is 12.5. The molecule has 1 rings (SSSR count). The zero-order valence-electron chi connectivity index (χ0n) is 12.9. The number of nitrogens with zero attached hydrogens (tertiary/aromatic N) is 2. The van der Waals surface area contributed by atoms with E-state index < -0.39 is 0 Å². The number of nitrogens with two attached hydrogens (primary N) is 1. The lowest BCUT2D eigenvalue weighted by atomic mass is 9.93. The third-order valence-electron chi connectivity index (χ3n) is 4.36. The summed E-state index contributed by atoms with van der Waals surface area (Å²) >= 11 is 0. The van der Waals surface area contributed by atoms with E-state index in [-0.39, 0.29) is 11.9 Å². The van der Waals surface area contributed by atoms with Gasteiger partial charge in [-0.2, -0.15) is 0 Å². The fraction of sp³-hybridized carbons (Fsp3) is 0.933. The highest BCUT2D eigenvalue weighted by Crippen LogP contribution is 2.24. The molecule has 112 valence electrons. The van der Waals surface area contributed by atoms with Gasteiger partial charge in [0.15, 0.2) is 0 Å². The van der Waals surface area contributed by atoms with Crippen molar-refractivity contribution in [3.8, 4) is 0 Å². The summed E-state index contributed by atoms with van der Waals surface area (Å²) in [6, 6.07) is 0.512. The Morgan fingerprint density at radius 3 is 2.26 bits per heavy atom. The van der Waals surface area contributed by atoms with Crippen LogP contribution in [-0.4, -0.2) is 54.0 Å². The first-order chi connectivity index (χ1) is 9.15. The SMILES string of the molecule is CCN(CC)C(=O)C(C)N(CCN)C1CCCCC1. The van der Waals surface area contributed by atoms with Crippen molar-refractivity contribution in [3.05, 3.63) is 0 Å². The molecule has 0 saturated heterocycles. The number of hydrogen-bond donors (Lipinski definition) is 1. The Labute approximate surface area is 118 Å². The summed E-state index contributed by atoms with van der Waals surface area (Å²) in [6.07, 6.45) is 6.35. The molecule has 19 heavy (non-hydrogen) atoms. The van der Waals surface area contributed by atoms with E-state index in [1.165, 1.54) is 32.1 Å². The number of amides is 1. The maximum Gasteiger partial charge on any atom is 0.239 e. The van der Waals surface area contributed by atoms with Gasteiger partial charge in [-0.15, -0.1) is 0 Å². The lowest BCUT2D eigenvalue weighted by Gasteiger charge is -2.39. The second-order valence-corrected chi connectivity index (χ2v) is 5.50. The molecular formula is C15H31N3O. The lowest BCUT2D eigenvalue weighted by Crippen LogP contribution is -2.52. The Kier molecular flexibility index (Phi) is 7.39. The van der Waals surface area contributed by atoms with Gasteiger partial charge in [0.1, 0.15) is 0 Å². The van der Waals surface area contributed by atoms with E-state index in [1.807, 2.05) is 25.7 Å². The Bertz CT molecular complexity index is 260. The zero-order valence-corrected chi connectivity index (χ0v) is 12.9. The summed E-state index contributed by atoms with van der Waals surface area (Å²) in [7, 11) is 0. The van der Waals surface area contributed by atoms with Crippen molar-refractivity contribution in [2.24, 2.45) is 5.73 Å². The Morgan fingerprint density at radius 1 is 1.21 bits per heavy atom. The molecule has 4 nitrogen and oxygen atoms in total. The van der Waals surface area contributed by atoms with Crippen molar-refractivity contribution < 1.29 is 4.79 Å². The van der Waals surface area contributed by atoms with Gasteiger partial charge in [-0.05, 0) is 33.6 Å². The van der Waals surface area contributed by atoms with Gasteiger partial charge in [0.25, 0.3) is 0 Å². The molecule has 1 atom stereocenters. The first kappa shape index (κ1) is 16.4. The van der Waals surface area contributed by atoms with E-state index in [0.717, 1.165) is 19.6 Å². The summed E-state index contributed by atoms with van der Waals surface area (Å²) < 4.78 is 0. The molecule has 0 heterocycles. The van der Waals surface area contributed by atoms with Crippen molar-refractivity contribution in [2.45, 2.75) is 65.0 Å². The van der Waals surface area contributed by atoms with E-state index in [0.29, 0.717) is 12.6 Å². The van der Waals surface area contributed by atoms with Crippen LogP contribution in [0.25, 0.3) is 0 Å². The first-order valence-electron chi connectivity index (χ1n) is 7.90. The molecule has 0 aromatic carbocycles. The molecular weight excluding hydrogens is 238 g/mol. The van der Waals surface area contributed by atoms with Crippen molar-refractivity contribution in [1.82, 2.24) is 9.80 Å². The third kappa shape index (κ3) is 4.46. The summed E-state index contributed by atoms with van der Waals surface area (Å²) in [6.45, 7) is 9.18. The summed E-state index contributed by atoms with van der Waals surface area (Å²) in [5, 5.41) is 0. The summed E-state index contributed by atoms with van der Waals surface area (Å²) in [4.78, 5) is 16.8. The van der Waals surface area contributed by atoms with Crippen LogP contribution in [0.3, 0.4) is 0 Å². The molecule has 0 aromatic rings. The molecule has 0 spiro atoms. The summed E-state index contributed by atoms with van der Waals surface area (Å²) in [5.74, 6) is 0.254. The van der Waals surface area contributed by atoms with Crippen molar-refractivity contribution in [3.63, 3.8) is 0 Å². The number of likely N-dealkylation sites (N-methyl/N-ethyl adjacent to an activating group) is 1. The summed E-state index contributed by atoms with van der Waals surface area (Å²) in [5.41, 5.74) is 5.75. The van der Waals surface area contributed by atoms with E-state index >= 15 is 0 Å². The molecule has 1 saturated carbocycles. The zero-order chi connectivity index (χ0) is 14.3. The molecule has 0 aliphatic heterocycles. The standard InChI is InChI=1S/C15H31N3O/c1-4-17(5-2)15(19)13(3)18(12-11-16)14-9-7-6-8-10-14/h13-14H,4-12,16H2,1-3H3. The van der Waals surface area contributed by atoms with Gasteiger partial charge < -0.3 is 10.6 Å². The van der Waals surface area contributed by atoms with Crippen LogP contribution in [0.1, 0.15) is 52.9 Å². The van der Waals surface area contributed by atoms with Crippen LogP contribution in [-0.2, 0) is 4.79 Å². The molecule has 4 heteroatoms. The average Bonchev–Trinajstić information content (AvgIpc) is 2.46. The molecule has 1 unspecified atom stereocenters. The van der Waals surface area contributed by atoms with Gasteiger partial charge in [0.05, 0.1) is 6.04 Å². The minimum absolute atomic E-state index is 0.0356. The number of carbonyl (C=O) groups is 1. The second-order valence-electron chi connectivity index (χ2n) is 5.50. The number of rotatable bonds is 7. The van der Waals surface area contributed by atoms with Crippen LogP contribution < -0.4 is 5.73 Å². The Hall–Kier alpha value is -0.610. The van der Waals surface area contributed by atoms with E-state index in [9.17, 15) is 4.79 Å². The maximum atomic E-state index is 12.5. The van der Waals surface area contributed by atoms with Gasteiger partial charge in [-0.1, -0.05) is 19.3 Å². The normalized spacial score (nSPS) is 18.6. The second kappa shape index (κ2) is 8.54. The van der Waals surface area contributed by atoms with Crippen molar-refractivity contribution in [1.29, 1.82) is 0 Å². The third-order valence-corrected chi connectivity index (χ3v) is 4.36. The van der Waals surface area contributed by atoms with Crippen LogP contribution in [0, 0.1) is 0 Å². The monoisotopic (exact) mass is 269 g/mol. The molecule has 0 aromatic heterocycles. The van der Waals surface area contributed by atoms with Gasteiger partial charge in [-0.3, -0.25) is 9.69 Å². The largest absolute Gasteiger partial charge is 0.342 e. The molecule has 0 radical (unpaired) electrons. The quantitative estimate of drug-likeness (QED) is 0.767.